The maximum Gasteiger partial charge on any atom is 0.246 e. The summed E-state index contributed by atoms with van der Waals surface area (Å²) in [4.78, 5) is 26.3. The van der Waals surface area contributed by atoms with Crippen LogP contribution >= 0.6 is 0 Å². The molecule has 0 aromatic carbocycles. The summed E-state index contributed by atoms with van der Waals surface area (Å²) in [6.45, 7) is 0.949. The average Bonchev–Trinajstić information content (AvgIpc) is 3.31. The number of hydrogen-bond acceptors (Lipinski definition) is 3. The second-order valence-electron chi connectivity index (χ2n) is 6.38. The summed E-state index contributed by atoms with van der Waals surface area (Å²) < 4.78 is 5.81. The van der Waals surface area contributed by atoms with Gasteiger partial charge in [0.25, 0.3) is 0 Å². The van der Waals surface area contributed by atoms with E-state index in [0.29, 0.717) is 11.8 Å². The van der Waals surface area contributed by atoms with Gasteiger partial charge in [0.2, 0.25) is 11.8 Å². The molecule has 2 aliphatic carbocycles. The van der Waals surface area contributed by atoms with Gasteiger partial charge in [-0.25, -0.2) is 0 Å². The SMILES string of the molecule is O=C1CN(C2CCOC2C2CC2)C(=O)C(C2CC2)N1. The van der Waals surface area contributed by atoms with Crippen LogP contribution in [-0.2, 0) is 14.3 Å². The summed E-state index contributed by atoms with van der Waals surface area (Å²) >= 11 is 0. The molecule has 5 heteroatoms. The van der Waals surface area contributed by atoms with E-state index < -0.39 is 0 Å². The van der Waals surface area contributed by atoms with Crippen LogP contribution in [-0.4, -0.2) is 48.1 Å². The normalized spacial score (nSPS) is 39.6. The topological polar surface area (TPSA) is 58.6 Å². The van der Waals surface area contributed by atoms with Gasteiger partial charge in [-0.05, 0) is 43.9 Å². The molecule has 4 fully saturated rings. The minimum Gasteiger partial charge on any atom is -0.376 e. The number of amides is 2. The maximum absolute atomic E-state index is 12.6. The Morgan fingerprint density at radius 1 is 1.05 bits per heavy atom. The predicted octanol–water partition coefficient (Wildman–Crippen LogP) is 0.291. The van der Waals surface area contributed by atoms with Gasteiger partial charge >= 0.3 is 0 Å². The first-order chi connectivity index (χ1) is 9.24. The van der Waals surface area contributed by atoms with Crippen LogP contribution in [0.25, 0.3) is 0 Å². The molecule has 2 heterocycles. The maximum atomic E-state index is 12.6. The first kappa shape index (κ1) is 11.7. The fraction of sp³-hybridized carbons (Fsp3) is 0.857. The average molecular weight is 264 g/mol. The van der Waals surface area contributed by atoms with Gasteiger partial charge in [0.15, 0.2) is 0 Å². The zero-order valence-electron chi connectivity index (χ0n) is 11.0. The van der Waals surface area contributed by atoms with Crippen molar-refractivity contribution in [1.29, 1.82) is 0 Å². The van der Waals surface area contributed by atoms with Crippen molar-refractivity contribution in [2.75, 3.05) is 13.2 Å². The highest BCUT2D eigenvalue weighted by Crippen LogP contribution is 2.41. The molecule has 19 heavy (non-hydrogen) atoms. The molecule has 0 aromatic heterocycles. The van der Waals surface area contributed by atoms with E-state index in [9.17, 15) is 9.59 Å². The summed E-state index contributed by atoms with van der Waals surface area (Å²) in [5.41, 5.74) is 0. The van der Waals surface area contributed by atoms with Gasteiger partial charge in [0.1, 0.15) is 12.6 Å². The molecule has 2 saturated carbocycles. The van der Waals surface area contributed by atoms with Crippen molar-refractivity contribution >= 4 is 11.8 Å². The van der Waals surface area contributed by atoms with Crippen LogP contribution < -0.4 is 5.32 Å². The molecule has 0 aromatic rings. The van der Waals surface area contributed by atoms with E-state index in [0.717, 1.165) is 25.9 Å². The molecule has 0 spiro atoms. The molecule has 1 N–H and O–H groups in total. The van der Waals surface area contributed by atoms with Gasteiger partial charge in [0, 0.05) is 6.61 Å². The van der Waals surface area contributed by atoms with E-state index in [2.05, 4.69) is 5.32 Å². The number of ether oxygens (including phenoxy) is 1. The number of piperazine rings is 1. The Labute approximate surface area is 112 Å². The predicted molar refractivity (Wildman–Crippen MR) is 67.2 cm³/mol. The highest BCUT2D eigenvalue weighted by molar-refractivity contribution is 5.95. The van der Waals surface area contributed by atoms with Crippen LogP contribution in [0.15, 0.2) is 0 Å². The Balaban J connectivity index is 1.54. The molecule has 104 valence electrons. The molecule has 3 unspecified atom stereocenters. The number of nitrogens with one attached hydrogen (secondary N) is 1. The standard InChI is InChI=1S/C14H20N2O3/c17-11-7-16(14(18)12(15-11)8-1-2-8)10-5-6-19-13(10)9-3-4-9/h8-10,12-13H,1-7H2,(H,15,17). The van der Waals surface area contributed by atoms with Gasteiger partial charge in [-0.1, -0.05) is 0 Å². The first-order valence-corrected chi connectivity index (χ1v) is 7.45. The number of carbonyl (C=O) groups excluding carboxylic acids is 2. The minimum absolute atomic E-state index is 0.00190. The Bertz CT molecular complexity index is 417. The monoisotopic (exact) mass is 264 g/mol. The molecule has 0 radical (unpaired) electrons. The molecule has 2 amide bonds. The lowest BCUT2D eigenvalue weighted by Gasteiger charge is -2.38. The Morgan fingerprint density at radius 3 is 2.47 bits per heavy atom. The van der Waals surface area contributed by atoms with Gasteiger partial charge in [-0.3, -0.25) is 9.59 Å². The third-order valence-corrected chi connectivity index (χ3v) is 4.86. The van der Waals surface area contributed by atoms with E-state index in [1.165, 1.54) is 12.8 Å². The molecule has 3 atom stereocenters. The third-order valence-electron chi connectivity index (χ3n) is 4.86. The molecule has 0 bridgehead atoms. The van der Waals surface area contributed by atoms with E-state index in [-0.39, 0.29) is 36.5 Å². The lowest BCUT2D eigenvalue weighted by atomic mass is 10.00. The van der Waals surface area contributed by atoms with Gasteiger partial charge in [0.05, 0.1) is 12.1 Å². The molecule has 5 nitrogen and oxygen atoms in total. The lowest BCUT2D eigenvalue weighted by Crippen LogP contribution is -2.62. The van der Waals surface area contributed by atoms with Gasteiger partial charge in [-0.2, -0.15) is 0 Å². The van der Waals surface area contributed by atoms with Gasteiger partial charge < -0.3 is 15.0 Å². The van der Waals surface area contributed by atoms with Crippen molar-refractivity contribution in [3.63, 3.8) is 0 Å². The van der Waals surface area contributed by atoms with Crippen molar-refractivity contribution in [3.05, 3.63) is 0 Å². The zero-order chi connectivity index (χ0) is 13.0. The third kappa shape index (κ3) is 2.04. The summed E-state index contributed by atoms with van der Waals surface area (Å²) in [5, 5.41) is 2.87. The Hall–Kier alpha value is -1.10. The fourth-order valence-corrected chi connectivity index (χ4v) is 3.53. The van der Waals surface area contributed by atoms with E-state index in [4.69, 9.17) is 4.74 Å². The van der Waals surface area contributed by atoms with Crippen molar-refractivity contribution < 1.29 is 14.3 Å². The first-order valence-electron chi connectivity index (χ1n) is 7.45. The van der Waals surface area contributed by atoms with Crippen LogP contribution in [0.5, 0.6) is 0 Å². The quantitative estimate of drug-likeness (QED) is 0.797. The number of hydrogen-bond donors (Lipinski definition) is 1. The molecule has 4 rings (SSSR count). The summed E-state index contributed by atoms with van der Waals surface area (Å²) in [5.74, 6) is 1.12. The second-order valence-corrected chi connectivity index (χ2v) is 6.38. The van der Waals surface area contributed by atoms with Crippen LogP contribution in [0.2, 0.25) is 0 Å². The van der Waals surface area contributed by atoms with Crippen molar-refractivity contribution in [1.82, 2.24) is 10.2 Å². The van der Waals surface area contributed by atoms with Crippen LogP contribution in [0.3, 0.4) is 0 Å². The van der Waals surface area contributed by atoms with Crippen molar-refractivity contribution in [2.24, 2.45) is 11.8 Å². The molecular weight excluding hydrogens is 244 g/mol. The Kier molecular flexibility index (Phi) is 2.59. The Morgan fingerprint density at radius 2 is 1.79 bits per heavy atom. The molecular formula is C14H20N2O3. The van der Waals surface area contributed by atoms with E-state index >= 15 is 0 Å². The molecule has 2 aliphatic heterocycles. The van der Waals surface area contributed by atoms with E-state index in [1.807, 2.05) is 4.90 Å². The summed E-state index contributed by atoms with van der Waals surface area (Å²) in [6.07, 6.45) is 5.62. The minimum atomic E-state index is -0.262. The van der Waals surface area contributed by atoms with Gasteiger partial charge in [-0.15, -0.1) is 0 Å². The lowest BCUT2D eigenvalue weighted by molar-refractivity contribution is -0.148. The zero-order valence-corrected chi connectivity index (χ0v) is 11.0. The fourth-order valence-electron chi connectivity index (χ4n) is 3.53. The van der Waals surface area contributed by atoms with Crippen LogP contribution in [0.4, 0.5) is 0 Å². The van der Waals surface area contributed by atoms with E-state index in [1.54, 1.807) is 0 Å². The summed E-state index contributed by atoms with van der Waals surface area (Å²) in [7, 11) is 0. The highest BCUT2D eigenvalue weighted by Gasteiger charge is 2.49. The van der Waals surface area contributed by atoms with Crippen LogP contribution in [0.1, 0.15) is 32.1 Å². The summed E-state index contributed by atoms with van der Waals surface area (Å²) in [6, 6.07) is -0.131. The smallest absolute Gasteiger partial charge is 0.246 e. The molecule has 4 aliphatic rings. The van der Waals surface area contributed by atoms with Crippen molar-refractivity contribution in [2.45, 2.75) is 50.3 Å². The second kappa shape index (κ2) is 4.20. The van der Waals surface area contributed by atoms with Crippen molar-refractivity contribution in [3.8, 4) is 0 Å². The number of carbonyl (C=O) groups is 2. The number of rotatable bonds is 3. The molecule has 2 saturated heterocycles. The number of nitrogens with zero attached hydrogens (tertiary/aromatic N) is 1. The van der Waals surface area contributed by atoms with Crippen LogP contribution in [0, 0.1) is 11.8 Å². The highest BCUT2D eigenvalue weighted by atomic mass is 16.5. The largest absolute Gasteiger partial charge is 0.376 e.